The third-order valence-corrected chi connectivity index (χ3v) is 6.00. The molecule has 1 aliphatic heterocycles. The van der Waals surface area contributed by atoms with Crippen LogP contribution in [0.15, 0.2) is 40.9 Å². The highest BCUT2D eigenvalue weighted by molar-refractivity contribution is 9.10. The van der Waals surface area contributed by atoms with Crippen molar-refractivity contribution in [2.45, 2.75) is 12.5 Å². The number of amides is 1. The van der Waals surface area contributed by atoms with Crippen LogP contribution in [0.1, 0.15) is 6.42 Å². The van der Waals surface area contributed by atoms with Gasteiger partial charge >= 0.3 is 0 Å². The lowest BCUT2D eigenvalue weighted by Crippen LogP contribution is -2.38. The van der Waals surface area contributed by atoms with Crippen molar-refractivity contribution in [2.75, 3.05) is 18.1 Å². The average molecular weight is 398 g/mol. The minimum absolute atomic E-state index is 0.0175. The molecule has 5 nitrogen and oxygen atoms in total. The predicted molar refractivity (Wildman–Crippen MR) is 92.3 cm³/mol. The topological polar surface area (TPSA) is 72.5 Å². The lowest BCUT2D eigenvalue weighted by atomic mass is 10.1. The minimum Gasteiger partial charge on any atom is -0.484 e. The van der Waals surface area contributed by atoms with Crippen molar-refractivity contribution in [3.63, 3.8) is 0 Å². The number of sulfone groups is 1. The summed E-state index contributed by atoms with van der Waals surface area (Å²) in [5.41, 5.74) is 0. The van der Waals surface area contributed by atoms with E-state index in [4.69, 9.17) is 4.74 Å². The van der Waals surface area contributed by atoms with Crippen molar-refractivity contribution in [3.8, 4) is 5.75 Å². The summed E-state index contributed by atoms with van der Waals surface area (Å²) in [5, 5.41) is 4.80. The van der Waals surface area contributed by atoms with Crippen molar-refractivity contribution >= 4 is 42.4 Å². The molecule has 1 heterocycles. The molecular weight excluding hydrogens is 382 g/mol. The molecule has 7 heteroatoms. The zero-order valence-corrected chi connectivity index (χ0v) is 14.7. The van der Waals surface area contributed by atoms with E-state index in [0.717, 1.165) is 15.2 Å². The van der Waals surface area contributed by atoms with Gasteiger partial charge in [-0.25, -0.2) is 8.42 Å². The minimum atomic E-state index is -3.00. The zero-order valence-electron chi connectivity index (χ0n) is 12.3. The molecule has 2 aromatic rings. The first kappa shape index (κ1) is 16.3. The molecule has 23 heavy (non-hydrogen) atoms. The van der Waals surface area contributed by atoms with Gasteiger partial charge in [-0.1, -0.05) is 28.1 Å². The molecule has 0 aromatic heterocycles. The molecular formula is C16H16BrNO4S. The molecule has 1 N–H and O–H groups in total. The number of rotatable bonds is 4. The Hall–Kier alpha value is -1.60. The standard InChI is InChI=1S/C16H16BrNO4S/c17-13-3-1-12-8-15(4-2-11(12)7-13)22-9-16(19)18-14-5-6-23(20,21)10-14/h1-4,7-8,14H,5-6,9-10H2,(H,18,19)/t14-/m1/s1. The maximum Gasteiger partial charge on any atom is 0.258 e. The number of hydrogen-bond donors (Lipinski definition) is 1. The van der Waals surface area contributed by atoms with Gasteiger partial charge in [-0.05, 0) is 41.5 Å². The monoisotopic (exact) mass is 397 g/mol. The molecule has 0 unspecified atom stereocenters. The van der Waals surface area contributed by atoms with Crippen LogP contribution >= 0.6 is 15.9 Å². The fourth-order valence-corrected chi connectivity index (χ4v) is 4.66. The quantitative estimate of drug-likeness (QED) is 0.858. The highest BCUT2D eigenvalue weighted by Crippen LogP contribution is 2.24. The fraction of sp³-hybridized carbons (Fsp3) is 0.312. The van der Waals surface area contributed by atoms with Gasteiger partial charge in [-0.2, -0.15) is 0 Å². The number of carbonyl (C=O) groups is 1. The molecule has 3 rings (SSSR count). The van der Waals surface area contributed by atoms with Crippen LogP contribution in [0, 0.1) is 0 Å². The molecule has 1 amide bonds. The molecule has 0 spiro atoms. The van der Waals surface area contributed by atoms with Crippen molar-refractivity contribution in [1.82, 2.24) is 5.32 Å². The zero-order chi connectivity index (χ0) is 16.4. The molecule has 2 aromatic carbocycles. The van der Waals surface area contributed by atoms with E-state index >= 15 is 0 Å². The summed E-state index contributed by atoms with van der Waals surface area (Å²) in [6, 6.07) is 11.2. The first-order chi connectivity index (χ1) is 10.9. The van der Waals surface area contributed by atoms with Gasteiger partial charge in [0.25, 0.3) is 5.91 Å². The molecule has 0 aliphatic carbocycles. The van der Waals surface area contributed by atoms with E-state index in [9.17, 15) is 13.2 Å². The van der Waals surface area contributed by atoms with E-state index in [-0.39, 0.29) is 30.1 Å². The van der Waals surface area contributed by atoms with E-state index in [1.165, 1.54) is 0 Å². The Labute approximate surface area is 143 Å². The summed E-state index contributed by atoms with van der Waals surface area (Å²) in [6.45, 7) is -0.126. The van der Waals surface area contributed by atoms with Gasteiger partial charge in [0.2, 0.25) is 0 Å². The molecule has 1 atom stereocenters. The summed E-state index contributed by atoms with van der Waals surface area (Å²) >= 11 is 3.42. The highest BCUT2D eigenvalue weighted by atomic mass is 79.9. The van der Waals surface area contributed by atoms with Crippen LogP contribution in [0.2, 0.25) is 0 Å². The normalized spacial score (nSPS) is 19.6. The van der Waals surface area contributed by atoms with E-state index in [0.29, 0.717) is 12.2 Å². The van der Waals surface area contributed by atoms with Crippen LogP contribution in [0.4, 0.5) is 0 Å². The highest BCUT2D eigenvalue weighted by Gasteiger charge is 2.28. The van der Waals surface area contributed by atoms with Crippen molar-refractivity contribution in [3.05, 3.63) is 40.9 Å². The summed E-state index contributed by atoms with van der Waals surface area (Å²) in [5.74, 6) is 0.458. The van der Waals surface area contributed by atoms with Gasteiger partial charge in [0.15, 0.2) is 16.4 Å². The Bertz CT molecular complexity index is 850. The summed E-state index contributed by atoms with van der Waals surface area (Å²) in [7, 11) is -3.00. The number of benzene rings is 2. The second-order valence-electron chi connectivity index (χ2n) is 5.61. The van der Waals surface area contributed by atoms with Gasteiger partial charge < -0.3 is 10.1 Å². The maximum atomic E-state index is 11.9. The van der Waals surface area contributed by atoms with Gasteiger partial charge in [-0.15, -0.1) is 0 Å². The van der Waals surface area contributed by atoms with Gasteiger partial charge in [-0.3, -0.25) is 4.79 Å². The summed E-state index contributed by atoms with van der Waals surface area (Å²) in [4.78, 5) is 11.9. The first-order valence-corrected chi connectivity index (χ1v) is 9.85. The maximum absolute atomic E-state index is 11.9. The van der Waals surface area contributed by atoms with Crippen LogP contribution in [0.5, 0.6) is 5.75 Å². The Balaban J connectivity index is 1.57. The molecule has 1 aliphatic rings. The fourth-order valence-electron chi connectivity index (χ4n) is 2.61. The molecule has 1 saturated heterocycles. The molecule has 0 saturated carbocycles. The lowest BCUT2D eigenvalue weighted by Gasteiger charge is -2.12. The average Bonchev–Trinajstić information content (AvgIpc) is 2.84. The van der Waals surface area contributed by atoms with Crippen LogP contribution in [-0.2, 0) is 14.6 Å². The smallest absolute Gasteiger partial charge is 0.258 e. The number of nitrogens with one attached hydrogen (secondary N) is 1. The lowest BCUT2D eigenvalue weighted by molar-refractivity contribution is -0.123. The summed E-state index contributed by atoms with van der Waals surface area (Å²) in [6.07, 6.45) is 0.471. The third kappa shape index (κ3) is 4.23. The number of ether oxygens (including phenoxy) is 1. The Morgan fingerprint density at radius 2 is 1.96 bits per heavy atom. The second kappa shape index (κ2) is 6.49. The molecule has 122 valence electrons. The predicted octanol–water partition coefficient (Wildman–Crippen LogP) is 2.28. The number of fused-ring (bicyclic) bond motifs is 1. The molecule has 0 bridgehead atoms. The van der Waals surface area contributed by atoms with Gasteiger partial charge in [0.1, 0.15) is 5.75 Å². The van der Waals surface area contributed by atoms with Crippen molar-refractivity contribution in [2.24, 2.45) is 0 Å². The largest absolute Gasteiger partial charge is 0.484 e. The van der Waals surface area contributed by atoms with E-state index < -0.39 is 9.84 Å². The SMILES string of the molecule is O=C(COc1ccc2cc(Br)ccc2c1)N[C@@H]1CCS(=O)(=O)C1. The Kier molecular flexibility index (Phi) is 4.59. The number of halogens is 1. The van der Waals surface area contributed by atoms with Crippen molar-refractivity contribution in [1.29, 1.82) is 0 Å². The number of hydrogen-bond acceptors (Lipinski definition) is 4. The first-order valence-electron chi connectivity index (χ1n) is 7.23. The van der Waals surface area contributed by atoms with Crippen LogP contribution < -0.4 is 10.1 Å². The van der Waals surface area contributed by atoms with Gasteiger partial charge in [0.05, 0.1) is 11.5 Å². The summed E-state index contributed by atoms with van der Waals surface area (Å²) < 4.78 is 29.2. The van der Waals surface area contributed by atoms with Crippen LogP contribution in [0.3, 0.4) is 0 Å². The van der Waals surface area contributed by atoms with Gasteiger partial charge in [0, 0.05) is 10.5 Å². The van der Waals surface area contributed by atoms with Crippen LogP contribution in [0.25, 0.3) is 10.8 Å². The van der Waals surface area contributed by atoms with Crippen molar-refractivity contribution < 1.29 is 17.9 Å². The number of carbonyl (C=O) groups excluding carboxylic acids is 1. The van der Waals surface area contributed by atoms with E-state index in [1.54, 1.807) is 0 Å². The third-order valence-electron chi connectivity index (χ3n) is 3.74. The van der Waals surface area contributed by atoms with Crippen LogP contribution in [-0.4, -0.2) is 38.5 Å². The van der Waals surface area contributed by atoms with E-state index in [2.05, 4.69) is 21.2 Å². The Morgan fingerprint density at radius 1 is 1.22 bits per heavy atom. The second-order valence-corrected chi connectivity index (χ2v) is 8.75. The van der Waals surface area contributed by atoms with E-state index in [1.807, 2.05) is 36.4 Å². The molecule has 0 radical (unpaired) electrons. The Morgan fingerprint density at radius 3 is 2.70 bits per heavy atom. The molecule has 1 fully saturated rings.